The zero-order valence-electron chi connectivity index (χ0n) is 20.5. The minimum absolute atomic E-state index is 0.175. The largest absolute Gasteiger partial charge is 0.0984 e. The third kappa shape index (κ3) is 3.91. The Morgan fingerprint density at radius 1 is 0.500 bits per heavy atom. The topological polar surface area (TPSA) is 0 Å². The molecule has 3 aromatic rings. The van der Waals surface area contributed by atoms with Gasteiger partial charge in [-0.1, -0.05) is 148 Å². The second-order valence-corrected chi connectivity index (χ2v) is 9.04. The van der Waals surface area contributed by atoms with Crippen molar-refractivity contribution in [1.29, 1.82) is 0 Å². The summed E-state index contributed by atoms with van der Waals surface area (Å²) in [5, 5.41) is 0. The van der Waals surface area contributed by atoms with Gasteiger partial charge in [0, 0.05) is 11.8 Å². The fourth-order valence-electron chi connectivity index (χ4n) is 5.62. The van der Waals surface area contributed by atoms with Crippen LogP contribution in [0.1, 0.15) is 22.3 Å². The van der Waals surface area contributed by atoms with Crippen molar-refractivity contribution >= 4 is 23.3 Å². The van der Waals surface area contributed by atoms with Gasteiger partial charge < -0.3 is 0 Å². The van der Waals surface area contributed by atoms with Crippen LogP contribution in [0.4, 0.5) is 0 Å². The van der Waals surface area contributed by atoms with E-state index < -0.39 is 0 Å². The van der Waals surface area contributed by atoms with Crippen LogP contribution in [0.3, 0.4) is 0 Å². The Kier molecular flexibility index (Phi) is 6.52. The summed E-state index contributed by atoms with van der Waals surface area (Å²) >= 11 is 0. The Hall–Kier alpha value is -4.42. The average molecular weight is 463 g/mol. The summed E-state index contributed by atoms with van der Waals surface area (Å²) in [6, 6.07) is 25.8. The molecular formula is C36H30. The molecule has 2 aliphatic rings. The number of benzene rings is 3. The van der Waals surface area contributed by atoms with Crippen LogP contribution in [0.5, 0.6) is 0 Å². The van der Waals surface area contributed by atoms with E-state index in [9.17, 15) is 0 Å². The minimum atomic E-state index is 0.175. The zero-order valence-corrected chi connectivity index (χ0v) is 20.5. The second kappa shape index (κ2) is 10.1. The highest BCUT2D eigenvalue weighted by Gasteiger charge is 2.35. The number of hydrogen-bond acceptors (Lipinski definition) is 0. The molecule has 2 atom stereocenters. The first kappa shape index (κ1) is 23.3. The van der Waals surface area contributed by atoms with Gasteiger partial charge in [0.1, 0.15) is 0 Å². The van der Waals surface area contributed by atoms with Crippen LogP contribution in [0.2, 0.25) is 0 Å². The van der Waals surface area contributed by atoms with Gasteiger partial charge in [-0.15, -0.1) is 0 Å². The highest BCUT2D eigenvalue weighted by Crippen LogP contribution is 2.51. The van der Waals surface area contributed by atoms with Crippen LogP contribution in [0.15, 0.2) is 147 Å². The van der Waals surface area contributed by atoms with Crippen molar-refractivity contribution in [2.24, 2.45) is 11.8 Å². The summed E-state index contributed by atoms with van der Waals surface area (Å²) in [4.78, 5) is 0. The molecule has 0 aliphatic heterocycles. The second-order valence-electron chi connectivity index (χ2n) is 9.04. The van der Waals surface area contributed by atoms with E-state index in [1.54, 1.807) is 0 Å². The molecule has 2 aliphatic carbocycles. The molecule has 0 aromatic heterocycles. The third-order valence-electron chi connectivity index (χ3n) is 7.24. The smallest absolute Gasteiger partial charge is 0.0137 e. The van der Waals surface area contributed by atoms with Crippen molar-refractivity contribution in [1.82, 2.24) is 0 Å². The molecule has 0 heterocycles. The molecule has 3 aromatic carbocycles. The van der Waals surface area contributed by atoms with E-state index in [0.29, 0.717) is 0 Å². The fourth-order valence-corrected chi connectivity index (χ4v) is 5.62. The molecule has 0 bridgehead atoms. The highest BCUT2D eigenvalue weighted by atomic mass is 14.4. The lowest BCUT2D eigenvalue weighted by molar-refractivity contribution is 0.689. The predicted molar refractivity (Wildman–Crippen MR) is 158 cm³/mol. The van der Waals surface area contributed by atoms with E-state index in [-0.39, 0.29) is 11.8 Å². The Morgan fingerprint density at radius 2 is 1.08 bits per heavy atom. The lowest BCUT2D eigenvalue weighted by Gasteiger charge is -2.37. The van der Waals surface area contributed by atoms with Crippen LogP contribution in [0.25, 0.3) is 34.4 Å². The molecule has 0 N–H and O–H groups in total. The first-order valence-corrected chi connectivity index (χ1v) is 12.3. The first-order chi connectivity index (χ1) is 17.7. The van der Waals surface area contributed by atoms with Gasteiger partial charge in [0.15, 0.2) is 0 Å². The van der Waals surface area contributed by atoms with Gasteiger partial charge in [-0.2, -0.15) is 0 Å². The van der Waals surface area contributed by atoms with Crippen molar-refractivity contribution in [2.45, 2.75) is 0 Å². The number of allylic oxidation sites excluding steroid dienone is 10. The standard InChI is InChI=1S/C36H30/c1-5-25-17-14-20-32(29(25)6-2)36-31(8-4)30(7-3)35(33-18-12-13-19-34(33)36)28-23-21-27(22-24-28)26-15-10-9-11-16-26/h5-24,33-34H,1-4H2. The number of fused-ring (bicyclic) bond motifs is 1. The Balaban J connectivity index is 1.75. The van der Waals surface area contributed by atoms with Gasteiger partial charge >= 0.3 is 0 Å². The maximum atomic E-state index is 4.25. The maximum absolute atomic E-state index is 4.25. The van der Waals surface area contributed by atoms with E-state index in [4.69, 9.17) is 0 Å². The number of rotatable bonds is 7. The monoisotopic (exact) mass is 462 g/mol. The normalized spacial score (nSPS) is 18.6. The summed E-state index contributed by atoms with van der Waals surface area (Å²) in [6.45, 7) is 16.6. The van der Waals surface area contributed by atoms with Crippen molar-refractivity contribution in [3.63, 3.8) is 0 Å². The molecule has 36 heavy (non-hydrogen) atoms. The summed E-state index contributed by atoms with van der Waals surface area (Å²) < 4.78 is 0. The van der Waals surface area contributed by atoms with E-state index in [1.165, 1.54) is 33.4 Å². The molecule has 0 saturated heterocycles. The van der Waals surface area contributed by atoms with Crippen LogP contribution in [-0.2, 0) is 0 Å². The Labute approximate surface area is 215 Å². The quantitative estimate of drug-likeness (QED) is 0.328. The van der Waals surface area contributed by atoms with E-state index in [1.807, 2.05) is 30.4 Å². The molecule has 0 amide bonds. The van der Waals surface area contributed by atoms with Crippen LogP contribution < -0.4 is 0 Å². The minimum Gasteiger partial charge on any atom is -0.0984 e. The van der Waals surface area contributed by atoms with E-state index >= 15 is 0 Å². The van der Waals surface area contributed by atoms with Gasteiger partial charge in [0.25, 0.3) is 0 Å². The molecular weight excluding hydrogens is 432 g/mol. The maximum Gasteiger partial charge on any atom is 0.0137 e. The summed E-state index contributed by atoms with van der Waals surface area (Å²) in [6.07, 6.45) is 16.8. The molecule has 0 fully saturated rings. The molecule has 2 unspecified atom stereocenters. The highest BCUT2D eigenvalue weighted by molar-refractivity contribution is 5.94. The molecule has 174 valence electrons. The lowest BCUT2D eigenvalue weighted by Crippen LogP contribution is -2.23. The SMILES string of the molecule is C=CC1=C(c2ccc(-c3ccccc3)cc2)C2C=CC=CC2C(c2cccc(C=C)c2C=C)=C1C=C. The lowest BCUT2D eigenvalue weighted by atomic mass is 9.66. The van der Waals surface area contributed by atoms with Crippen molar-refractivity contribution in [3.05, 3.63) is 169 Å². The van der Waals surface area contributed by atoms with Gasteiger partial charge in [0.05, 0.1) is 0 Å². The first-order valence-electron chi connectivity index (χ1n) is 12.3. The van der Waals surface area contributed by atoms with E-state index in [2.05, 4.69) is 117 Å². The molecule has 0 radical (unpaired) electrons. The van der Waals surface area contributed by atoms with Gasteiger partial charge in [-0.05, 0) is 55.7 Å². The van der Waals surface area contributed by atoms with Gasteiger partial charge in [-0.3, -0.25) is 0 Å². The van der Waals surface area contributed by atoms with Crippen molar-refractivity contribution < 1.29 is 0 Å². The molecule has 0 nitrogen and oxygen atoms in total. The fraction of sp³-hybridized carbons (Fsp3) is 0.0556. The molecule has 0 saturated carbocycles. The van der Waals surface area contributed by atoms with E-state index in [0.717, 1.165) is 22.3 Å². The summed E-state index contributed by atoms with van der Waals surface area (Å²) in [5.41, 5.74) is 11.8. The number of hydrogen-bond donors (Lipinski definition) is 0. The van der Waals surface area contributed by atoms with Crippen molar-refractivity contribution in [3.8, 4) is 11.1 Å². The van der Waals surface area contributed by atoms with Crippen molar-refractivity contribution in [2.75, 3.05) is 0 Å². The van der Waals surface area contributed by atoms with Crippen LogP contribution >= 0.6 is 0 Å². The van der Waals surface area contributed by atoms with Gasteiger partial charge in [0.2, 0.25) is 0 Å². The zero-order chi connectivity index (χ0) is 25.1. The molecule has 5 rings (SSSR count). The third-order valence-corrected chi connectivity index (χ3v) is 7.24. The molecule has 0 heteroatoms. The summed E-state index contributed by atoms with van der Waals surface area (Å²) in [5.74, 6) is 0.364. The predicted octanol–water partition coefficient (Wildman–Crippen LogP) is 9.59. The average Bonchev–Trinajstić information content (AvgIpc) is 2.95. The van der Waals surface area contributed by atoms with Crippen LogP contribution in [-0.4, -0.2) is 0 Å². The Morgan fingerprint density at radius 3 is 1.69 bits per heavy atom. The molecule has 0 spiro atoms. The van der Waals surface area contributed by atoms with Gasteiger partial charge in [-0.25, -0.2) is 0 Å². The Bertz CT molecular complexity index is 1470. The van der Waals surface area contributed by atoms with Crippen LogP contribution in [0, 0.1) is 11.8 Å². The summed E-state index contributed by atoms with van der Waals surface area (Å²) in [7, 11) is 0.